The van der Waals surface area contributed by atoms with Gasteiger partial charge in [0.25, 0.3) is 0 Å². The lowest BCUT2D eigenvalue weighted by Crippen LogP contribution is -2.38. The Hall–Kier alpha value is -4.64. The van der Waals surface area contributed by atoms with Crippen molar-refractivity contribution in [1.29, 1.82) is 0 Å². The molecule has 2 heterocycles. The van der Waals surface area contributed by atoms with E-state index in [9.17, 15) is 14.4 Å². The second-order valence-electron chi connectivity index (χ2n) is 12.7. The molecule has 2 aliphatic heterocycles. The Kier molecular flexibility index (Phi) is 5.43. The van der Waals surface area contributed by atoms with Crippen molar-refractivity contribution in [2.24, 2.45) is 5.92 Å². The number of hydrogen-bond donors (Lipinski definition) is 0. The Bertz CT molecular complexity index is 1880. The number of nitrogens with zero attached hydrogens (tertiary/aromatic N) is 2. The average Bonchev–Trinajstić information content (AvgIpc) is 3.43. The van der Waals surface area contributed by atoms with Crippen molar-refractivity contribution in [3.05, 3.63) is 130 Å². The second kappa shape index (κ2) is 8.68. The van der Waals surface area contributed by atoms with Gasteiger partial charge in [0.1, 0.15) is 7.05 Å². The largest absolute Gasteiger partial charge is 0.347 e. The van der Waals surface area contributed by atoms with Crippen molar-refractivity contribution in [2.75, 3.05) is 19.0 Å². The Balaban J connectivity index is 1.42. The van der Waals surface area contributed by atoms with E-state index in [0.717, 1.165) is 22.8 Å². The van der Waals surface area contributed by atoms with Gasteiger partial charge in [-0.1, -0.05) is 74.5 Å². The Morgan fingerprint density at radius 3 is 1.95 bits per heavy atom. The van der Waals surface area contributed by atoms with Crippen molar-refractivity contribution < 1.29 is 19.0 Å². The van der Waals surface area contributed by atoms with Crippen LogP contribution < -0.4 is 4.90 Å². The summed E-state index contributed by atoms with van der Waals surface area (Å²) in [5.41, 5.74) is 7.66. The van der Waals surface area contributed by atoms with Crippen molar-refractivity contribution in [3.63, 3.8) is 0 Å². The number of anilines is 1. The highest BCUT2D eigenvalue weighted by Crippen LogP contribution is 2.51. The summed E-state index contributed by atoms with van der Waals surface area (Å²) in [6.07, 6.45) is 3.90. The minimum atomic E-state index is -0.697. The first-order valence-corrected chi connectivity index (χ1v) is 14.4. The predicted molar refractivity (Wildman–Crippen MR) is 165 cm³/mol. The molecule has 5 nitrogen and oxygen atoms in total. The first-order chi connectivity index (χ1) is 20.0. The molecule has 0 radical (unpaired) electrons. The highest BCUT2D eigenvalue weighted by Gasteiger charge is 2.51. The minimum absolute atomic E-state index is 0.0747. The number of fused-ring (bicyclic) bond motifs is 3. The van der Waals surface area contributed by atoms with E-state index in [2.05, 4.69) is 61.4 Å². The number of hydrogen-bond acceptors (Lipinski definition) is 4. The molecule has 208 valence electrons. The van der Waals surface area contributed by atoms with Gasteiger partial charge in [-0.25, -0.2) is 0 Å². The maximum absolute atomic E-state index is 14.2. The summed E-state index contributed by atoms with van der Waals surface area (Å²) in [6.45, 7) is 8.59. The van der Waals surface area contributed by atoms with Gasteiger partial charge >= 0.3 is 0 Å². The molecule has 0 N–H and O–H groups in total. The minimum Gasteiger partial charge on any atom is -0.347 e. The molecule has 0 bridgehead atoms. The van der Waals surface area contributed by atoms with Gasteiger partial charge < -0.3 is 4.90 Å². The van der Waals surface area contributed by atoms with Gasteiger partial charge in [-0.2, -0.15) is 4.58 Å². The van der Waals surface area contributed by atoms with E-state index in [0.29, 0.717) is 22.3 Å². The van der Waals surface area contributed by atoms with Crippen LogP contribution in [0.4, 0.5) is 11.4 Å². The summed E-state index contributed by atoms with van der Waals surface area (Å²) < 4.78 is 2.11. The van der Waals surface area contributed by atoms with Crippen LogP contribution in [0.1, 0.15) is 59.5 Å². The molecule has 1 fully saturated rings. The smallest absolute Gasteiger partial charge is 0.209 e. The van der Waals surface area contributed by atoms with Crippen LogP contribution in [0.15, 0.2) is 107 Å². The van der Waals surface area contributed by atoms with Gasteiger partial charge in [-0.3, -0.25) is 14.4 Å². The molecule has 1 atom stereocenters. The molecule has 0 saturated heterocycles. The Morgan fingerprint density at radius 1 is 0.762 bits per heavy atom. The lowest BCUT2D eigenvalue weighted by Gasteiger charge is -2.34. The molecule has 5 heteroatoms. The molecular formula is C37H33N2O3+. The first-order valence-electron chi connectivity index (χ1n) is 14.4. The van der Waals surface area contributed by atoms with Gasteiger partial charge in [0.05, 0.1) is 16.9 Å². The topological polar surface area (TPSA) is 57.5 Å². The van der Waals surface area contributed by atoms with Crippen molar-refractivity contribution in [3.8, 4) is 0 Å². The summed E-state index contributed by atoms with van der Waals surface area (Å²) in [7, 11) is 4.02. The highest BCUT2D eigenvalue weighted by atomic mass is 16.2. The van der Waals surface area contributed by atoms with E-state index in [1.54, 1.807) is 24.3 Å². The summed E-state index contributed by atoms with van der Waals surface area (Å²) in [6, 6.07) is 23.4. The van der Waals surface area contributed by atoms with Crippen LogP contribution in [-0.4, -0.2) is 41.7 Å². The average molecular weight is 554 g/mol. The quantitative estimate of drug-likeness (QED) is 0.206. The molecule has 42 heavy (non-hydrogen) atoms. The third-order valence-corrected chi connectivity index (χ3v) is 9.78. The zero-order valence-corrected chi connectivity index (χ0v) is 24.8. The number of likely N-dealkylation sites (N-methyl/N-ethyl adjacent to an activating group) is 1. The number of para-hydroxylation sites is 2. The SMILES string of the molecule is CN1/C(=C/C2C(=O)/C(=C/C3=[N+](C)c4ccccc4C3(C)C)C2=C2C(=O)c3ccccc3C2=O)C(C)(C)c2ccccc21. The van der Waals surface area contributed by atoms with Gasteiger partial charge in [0.2, 0.25) is 5.69 Å². The molecule has 0 aromatic heterocycles. The highest BCUT2D eigenvalue weighted by molar-refractivity contribution is 6.41. The zero-order chi connectivity index (χ0) is 29.7. The predicted octanol–water partition coefficient (Wildman–Crippen LogP) is 6.51. The normalized spacial score (nSPS) is 23.6. The summed E-state index contributed by atoms with van der Waals surface area (Å²) in [5.74, 6) is -1.38. The molecule has 7 rings (SSSR count). The molecule has 4 aliphatic rings. The van der Waals surface area contributed by atoms with E-state index in [4.69, 9.17) is 0 Å². The summed E-state index contributed by atoms with van der Waals surface area (Å²) >= 11 is 0. The van der Waals surface area contributed by atoms with Gasteiger partial charge in [0.15, 0.2) is 23.1 Å². The fourth-order valence-corrected chi connectivity index (χ4v) is 7.47. The number of carbonyl (C=O) groups excluding carboxylic acids is 3. The van der Waals surface area contributed by atoms with Crippen LogP contribution in [0.25, 0.3) is 0 Å². The van der Waals surface area contributed by atoms with Crippen molar-refractivity contribution in [1.82, 2.24) is 0 Å². The second-order valence-corrected chi connectivity index (χ2v) is 12.7. The van der Waals surface area contributed by atoms with Crippen LogP contribution >= 0.6 is 0 Å². The number of carbonyl (C=O) groups is 3. The van der Waals surface area contributed by atoms with Crippen LogP contribution in [0.5, 0.6) is 0 Å². The van der Waals surface area contributed by atoms with Gasteiger partial charge in [-0.15, -0.1) is 0 Å². The summed E-state index contributed by atoms with van der Waals surface area (Å²) in [5, 5.41) is 0. The Morgan fingerprint density at radius 2 is 1.33 bits per heavy atom. The number of benzene rings is 3. The lowest BCUT2D eigenvalue weighted by atomic mass is 9.67. The molecule has 3 aromatic carbocycles. The third-order valence-electron chi connectivity index (χ3n) is 9.78. The van der Waals surface area contributed by atoms with E-state index in [1.165, 1.54) is 11.1 Å². The zero-order valence-electron chi connectivity index (χ0n) is 24.8. The molecule has 0 amide bonds. The van der Waals surface area contributed by atoms with Crippen LogP contribution in [0, 0.1) is 5.92 Å². The van der Waals surface area contributed by atoms with E-state index < -0.39 is 5.92 Å². The number of rotatable bonds is 2. The number of Topliss-reactive ketones (excluding diaryl/α,β-unsaturated/α-hetero) is 3. The fourth-order valence-electron chi connectivity index (χ4n) is 7.47. The maximum atomic E-state index is 14.2. The molecule has 2 aliphatic carbocycles. The standard InChI is InChI=1S/C37H33N2O3/c1-36(2)25-15-9-11-17-27(25)38(5)29(36)19-23-31(32-34(41)21-13-7-8-14-22(21)35(32)42)24(33(23)40)20-30-37(3,4)26-16-10-12-18-28(26)39(30)6/h7-20,23H,1-6H3/q+1/b24-20+,29-19+. The molecule has 3 aromatic rings. The van der Waals surface area contributed by atoms with Gasteiger partial charge in [-0.05, 0) is 37.1 Å². The van der Waals surface area contributed by atoms with E-state index in [1.807, 2.05) is 50.5 Å². The van der Waals surface area contributed by atoms with Crippen LogP contribution in [0.2, 0.25) is 0 Å². The van der Waals surface area contributed by atoms with E-state index in [-0.39, 0.29) is 33.8 Å². The maximum Gasteiger partial charge on any atom is 0.209 e. The third kappa shape index (κ3) is 3.31. The summed E-state index contributed by atoms with van der Waals surface area (Å²) in [4.78, 5) is 43.9. The Labute approximate surface area is 246 Å². The molecule has 1 saturated carbocycles. The number of allylic oxidation sites excluding steroid dienone is 6. The molecule has 1 unspecified atom stereocenters. The molecular weight excluding hydrogens is 520 g/mol. The van der Waals surface area contributed by atoms with Gasteiger partial charge in [0, 0.05) is 58.3 Å². The van der Waals surface area contributed by atoms with Crippen molar-refractivity contribution in [2.45, 2.75) is 38.5 Å². The monoisotopic (exact) mass is 553 g/mol. The van der Waals surface area contributed by atoms with E-state index >= 15 is 0 Å². The number of ketones is 3. The van der Waals surface area contributed by atoms with Crippen molar-refractivity contribution >= 4 is 34.4 Å². The van der Waals surface area contributed by atoms with Crippen LogP contribution in [0.3, 0.4) is 0 Å². The fraction of sp³-hybridized carbons (Fsp3) is 0.243. The van der Waals surface area contributed by atoms with Crippen LogP contribution in [-0.2, 0) is 15.6 Å². The first kappa shape index (κ1) is 26.3. The lowest BCUT2D eigenvalue weighted by molar-refractivity contribution is -0.401. The molecule has 0 spiro atoms.